The fourth-order valence-electron chi connectivity index (χ4n) is 1.73. The predicted molar refractivity (Wildman–Crippen MR) is 75.9 cm³/mol. The molecular formula is C14H21N3O3. The van der Waals surface area contributed by atoms with Gasteiger partial charge in [0.25, 0.3) is 0 Å². The van der Waals surface area contributed by atoms with Crippen molar-refractivity contribution in [3.05, 3.63) is 29.8 Å². The number of primary amides is 1. The third-order valence-corrected chi connectivity index (χ3v) is 2.67. The van der Waals surface area contributed by atoms with E-state index >= 15 is 0 Å². The zero-order valence-corrected chi connectivity index (χ0v) is 11.8. The Balaban J connectivity index is 2.45. The minimum Gasteiger partial charge on any atom is -0.411 e. The average Bonchev–Trinajstić information content (AvgIpc) is 2.36. The van der Waals surface area contributed by atoms with Gasteiger partial charge in [0.2, 0.25) is 5.91 Å². The molecule has 0 radical (unpaired) electrons. The Morgan fingerprint density at radius 1 is 1.25 bits per heavy atom. The van der Waals surface area contributed by atoms with Gasteiger partial charge in [0.1, 0.15) is 5.75 Å². The monoisotopic (exact) mass is 279 g/mol. The first-order valence-electron chi connectivity index (χ1n) is 6.48. The Morgan fingerprint density at radius 2 is 1.85 bits per heavy atom. The normalized spacial score (nSPS) is 12.0. The molecule has 1 atom stereocenters. The van der Waals surface area contributed by atoms with Crippen LogP contribution in [0.25, 0.3) is 0 Å². The molecule has 0 aromatic heterocycles. The van der Waals surface area contributed by atoms with E-state index in [1.165, 1.54) is 0 Å². The van der Waals surface area contributed by atoms with E-state index in [2.05, 4.69) is 5.32 Å². The lowest BCUT2D eigenvalue weighted by atomic mass is 10.0. The molecule has 0 heterocycles. The molecule has 0 spiro atoms. The Kier molecular flexibility index (Phi) is 5.99. The van der Waals surface area contributed by atoms with Crippen LogP contribution in [0.1, 0.15) is 25.8 Å². The zero-order valence-electron chi connectivity index (χ0n) is 11.8. The lowest BCUT2D eigenvalue weighted by Crippen LogP contribution is -2.41. The number of benzene rings is 1. The summed E-state index contributed by atoms with van der Waals surface area (Å²) < 4.78 is 4.71. The smallest absolute Gasteiger partial charge is 0.409 e. The molecule has 110 valence electrons. The minimum atomic E-state index is -0.856. The van der Waals surface area contributed by atoms with Crippen molar-refractivity contribution in [1.29, 1.82) is 0 Å². The number of rotatable bonds is 6. The summed E-state index contributed by atoms with van der Waals surface area (Å²) in [4.78, 5) is 22.3. The maximum absolute atomic E-state index is 11.7. The quantitative estimate of drug-likeness (QED) is 0.725. The second kappa shape index (κ2) is 7.49. The van der Waals surface area contributed by atoms with E-state index in [4.69, 9.17) is 16.2 Å². The molecule has 6 heteroatoms. The molecule has 0 saturated heterocycles. The Hall–Kier alpha value is -2.08. The number of nitrogens with one attached hydrogen (secondary N) is 1. The van der Waals surface area contributed by atoms with Crippen LogP contribution in [0.2, 0.25) is 0 Å². The summed E-state index contributed by atoms with van der Waals surface area (Å²) in [7, 11) is 0. The van der Waals surface area contributed by atoms with Crippen molar-refractivity contribution in [3.63, 3.8) is 0 Å². The molecular weight excluding hydrogens is 258 g/mol. The third kappa shape index (κ3) is 5.71. The second-order valence-corrected chi connectivity index (χ2v) is 5.02. The second-order valence-electron chi connectivity index (χ2n) is 5.02. The first-order chi connectivity index (χ1) is 9.38. The van der Waals surface area contributed by atoms with Crippen LogP contribution in [-0.2, 0) is 11.3 Å². The van der Waals surface area contributed by atoms with Gasteiger partial charge < -0.3 is 21.5 Å². The molecule has 0 aliphatic heterocycles. The van der Waals surface area contributed by atoms with Crippen molar-refractivity contribution in [2.75, 3.05) is 0 Å². The highest BCUT2D eigenvalue weighted by molar-refractivity contribution is 5.81. The summed E-state index contributed by atoms with van der Waals surface area (Å²) in [6.07, 6.45) is -0.206. The van der Waals surface area contributed by atoms with Crippen molar-refractivity contribution in [1.82, 2.24) is 5.32 Å². The molecule has 1 rings (SSSR count). The van der Waals surface area contributed by atoms with Crippen molar-refractivity contribution < 1.29 is 14.3 Å². The van der Waals surface area contributed by atoms with E-state index in [1.54, 1.807) is 24.3 Å². The SMILES string of the molecule is CC(C)C[C@H](N)C(=O)NCc1ccc(OC(N)=O)cc1. The van der Waals surface area contributed by atoms with E-state index in [1.807, 2.05) is 13.8 Å². The minimum absolute atomic E-state index is 0.170. The van der Waals surface area contributed by atoms with Gasteiger partial charge in [-0.3, -0.25) is 4.79 Å². The van der Waals surface area contributed by atoms with Crippen molar-refractivity contribution in [2.45, 2.75) is 32.9 Å². The van der Waals surface area contributed by atoms with Gasteiger partial charge in [-0.05, 0) is 30.0 Å². The van der Waals surface area contributed by atoms with Crippen molar-refractivity contribution in [2.24, 2.45) is 17.4 Å². The largest absolute Gasteiger partial charge is 0.411 e. The summed E-state index contributed by atoms with van der Waals surface area (Å²) in [6.45, 7) is 4.41. The molecule has 0 saturated carbocycles. The fourth-order valence-corrected chi connectivity index (χ4v) is 1.73. The first kappa shape index (κ1) is 16.0. The van der Waals surface area contributed by atoms with Gasteiger partial charge in [0.15, 0.2) is 0 Å². The number of hydrogen-bond donors (Lipinski definition) is 3. The molecule has 0 aliphatic carbocycles. The van der Waals surface area contributed by atoms with Crippen LogP contribution >= 0.6 is 0 Å². The topological polar surface area (TPSA) is 107 Å². The lowest BCUT2D eigenvalue weighted by Gasteiger charge is -2.14. The van der Waals surface area contributed by atoms with E-state index in [9.17, 15) is 9.59 Å². The van der Waals surface area contributed by atoms with Gasteiger partial charge in [-0.2, -0.15) is 0 Å². The number of nitrogens with two attached hydrogens (primary N) is 2. The van der Waals surface area contributed by atoms with Crippen LogP contribution < -0.4 is 21.5 Å². The molecule has 0 bridgehead atoms. The Bertz CT molecular complexity index is 457. The number of carbonyl (C=O) groups is 2. The van der Waals surface area contributed by atoms with Crippen LogP contribution in [-0.4, -0.2) is 18.0 Å². The average molecular weight is 279 g/mol. The highest BCUT2D eigenvalue weighted by atomic mass is 16.5. The summed E-state index contributed by atoms with van der Waals surface area (Å²) in [5.74, 6) is 0.571. The maximum atomic E-state index is 11.7. The van der Waals surface area contributed by atoms with E-state index < -0.39 is 12.1 Å². The van der Waals surface area contributed by atoms with E-state index in [0.29, 0.717) is 24.6 Å². The van der Waals surface area contributed by atoms with Gasteiger partial charge in [-0.1, -0.05) is 26.0 Å². The number of amides is 2. The highest BCUT2D eigenvalue weighted by Crippen LogP contribution is 2.12. The Labute approximate surface area is 118 Å². The zero-order chi connectivity index (χ0) is 15.1. The van der Waals surface area contributed by atoms with Crippen LogP contribution in [0, 0.1) is 5.92 Å². The third-order valence-electron chi connectivity index (χ3n) is 2.67. The molecule has 20 heavy (non-hydrogen) atoms. The summed E-state index contributed by atoms with van der Waals surface area (Å²) >= 11 is 0. The van der Waals surface area contributed by atoms with E-state index in [0.717, 1.165) is 5.56 Å². The van der Waals surface area contributed by atoms with Gasteiger partial charge in [0.05, 0.1) is 6.04 Å². The summed E-state index contributed by atoms with van der Waals surface area (Å²) in [5.41, 5.74) is 11.6. The molecule has 1 aromatic rings. The maximum Gasteiger partial charge on any atom is 0.409 e. The molecule has 1 aromatic carbocycles. The molecule has 5 N–H and O–H groups in total. The van der Waals surface area contributed by atoms with Crippen molar-refractivity contribution >= 4 is 12.0 Å². The molecule has 0 unspecified atom stereocenters. The van der Waals surface area contributed by atoms with Crippen LogP contribution in [0.5, 0.6) is 5.75 Å². The van der Waals surface area contributed by atoms with Crippen LogP contribution in [0.15, 0.2) is 24.3 Å². The van der Waals surface area contributed by atoms with Crippen molar-refractivity contribution in [3.8, 4) is 5.75 Å². The Morgan fingerprint density at radius 3 is 2.35 bits per heavy atom. The molecule has 6 nitrogen and oxygen atoms in total. The standard InChI is InChI=1S/C14H21N3O3/c1-9(2)7-12(15)13(18)17-8-10-3-5-11(6-4-10)20-14(16)19/h3-6,9,12H,7-8,15H2,1-2H3,(H2,16,19)(H,17,18)/t12-/m0/s1. The van der Waals surface area contributed by atoms with Gasteiger partial charge in [0, 0.05) is 6.54 Å². The summed E-state index contributed by atoms with van der Waals surface area (Å²) in [6, 6.07) is 6.21. The molecule has 0 aliphatic rings. The first-order valence-corrected chi connectivity index (χ1v) is 6.48. The van der Waals surface area contributed by atoms with Crippen LogP contribution in [0.3, 0.4) is 0 Å². The number of ether oxygens (including phenoxy) is 1. The summed E-state index contributed by atoms with van der Waals surface area (Å²) in [5, 5.41) is 2.77. The molecule has 2 amide bonds. The lowest BCUT2D eigenvalue weighted by molar-refractivity contribution is -0.122. The molecule has 0 fully saturated rings. The fraction of sp³-hybridized carbons (Fsp3) is 0.429. The van der Waals surface area contributed by atoms with Gasteiger partial charge in [-0.25, -0.2) is 4.79 Å². The number of carbonyl (C=O) groups excluding carboxylic acids is 2. The van der Waals surface area contributed by atoms with E-state index in [-0.39, 0.29) is 5.91 Å². The highest BCUT2D eigenvalue weighted by Gasteiger charge is 2.14. The number of hydrogen-bond acceptors (Lipinski definition) is 4. The van der Waals surface area contributed by atoms with Gasteiger partial charge >= 0.3 is 6.09 Å². The van der Waals surface area contributed by atoms with Gasteiger partial charge in [-0.15, -0.1) is 0 Å². The van der Waals surface area contributed by atoms with Crippen LogP contribution in [0.4, 0.5) is 4.79 Å². The predicted octanol–water partition coefficient (Wildman–Crippen LogP) is 1.13.